The van der Waals surface area contributed by atoms with E-state index in [1.54, 1.807) is 37.3 Å². The summed E-state index contributed by atoms with van der Waals surface area (Å²) in [5.41, 5.74) is 2.23. The molecule has 4 heterocycles. The first-order chi connectivity index (χ1) is 24.2. The van der Waals surface area contributed by atoms with Gasteiger partial charge in [0.25, 0.3) is 17.2 Å². The zero-order valence-corrected chi connectivity index (χ0v) is 29.6. The summed E-state index contributed by atoms with van der Waals surface area (Å²) >= 11 is 10.1. The zero-order chi connectivity index (χ0) is 34.9. The minimum absolute atomic E-state index is 0.128. The van der Waals surface area contributed by atoms with Gasteiger partial charge in [0.05, 0.1) is 20.7 Å². The van der Waals surface area contributed by atoms with Crippen LogP contribution in [0.15, 0.2) is 121 Å². The lowest BCUT2D eigenvalue weighted by Crippen LogP contribution is -2.40. The maximum atomic E-state index is 14.3. The standard InChI is InChI=1S/C35H26ClN7O4S3/c1-3-41-31(21-9-7-10-23(36)17-21)39-40-35(41)49-26-15-14-25(43(46)47)18-22(26)19-28-33(45)42-30(27-13-8-16-48-27)29(20(2)37-34(42)50-28)32(44)38-24-11-5-4-6-12-24/h4-19,30H,3H2,1-2H3,(H,38,44)/b28-19+/t30-/m0/s1. The number of allylic oxidation sites excluding steroid dienone is 1. The number of rotatable bonds is 9. The fraction of sp³-hybridized carbons (Fsp3) is 0.114. The van der Waals surface area contributed by atoms with E-state index in [1.807, 2.05) is 65.4 Å². The van der Waals surface area contributed by atoms with Crippen molar-refractivity contribution in [2.75, 3.05) is 5.32 Å². The molecule has 0 fully saturated rings. The summed E-state index contributed by atoms with van der Waals surface area (Å²) < 4.78 is 3.77. The Hall–Kier alpha value is -5.15. The lowest BCUT2D eigenvalue weighted by molar-refractivity contribution is -0.384. The van der Waals surface area contributed by atoms with Gasteiger partial charge in [0.2, 0.25) is 0 Å². The van der Waals surface area contributed by atoms with Crippen LogP contribution in [-0.4, -0.2) is 30.2 Å². The van der Waals surface area contributed by atoms with Crippen molar-refractivity contribution in [2.45, 2.75) is 36.5 Å². The molecule has 1 N–H and O–H groups in total. The number of para-hydroxylation sites is 1. The first kappa shape index (κ1) is 33.4. The average molecular weight is 740 g/mol. The second-order valence-electron chi connectivity index (χ2n) is 11.1. The molecule has 1 amide bonds. The molecule has 0 saturated carbocycles. The van der Waals surface area contributed by atoms with Crippen LogP contribution in [0.1, 0.15) is 30.3 Å². The van der Waals surface area contributed by atoms with Crippen molar-refractivity contribution in [3.05, 3.63) is 147 Å². The number of halogens is 1. The van der Waals surface area contributed by atoms with E-state index >= 15 is 0 Å². The number of aromatic nitrogens is 4. The van der Waals surface area contributed by atoms with E-state index in [1.165, 1.54) is 39.8 Å². The van der Waals surface area contributed by atoms with Crippen molar-refractivity contribution in [3.63, 3.8) is 0 Å². The molecule has 1 aliphatic heterocycles. The van der Waals surface area contributed by atoms with Crippen LogP contribution in [0.5, 0.6) is 0 Å². The summed E-state index contributed by atoms with van der Waals surface area (Å²) in [6.45, 7) is 4.29. The van der Waals surface area contributed by atoms with Crippen molar-refractivity contribution in [3.8, 4) is 11.4 Å². The van der Waals surface area contributed by atoms with E-state index < -0.39 is 11.0 Å². The molecule has 1 aliphatic rings. The quantitative estimate of drug-likeness (QED) is 0.125. The number of thiophene rings is 1. The Balaban J connectivity index is 1.33. The highest BCUT2D eigenvalue weighted by atomic mass is 35.5. The SMILES string of the molecule is CCn1c(Sc2ccc([N+](=O)[O-])cc2/C=c2/sc3n(c2=O)[C@@H](c2cccs2)C(C(=O)Nc2ccccc2)=C(C)N=3)nnc1-c1cccc(Cl)c1. The number of nitrogens with one attached hydrogen (secondary N) is 1. The number of hydrogen-bond acceptors (Lipinski definition) is 10. The third-order valence-corrected chi connectivity index (χ3v) is 11.1. The second kappa shape index (κ2) is 14.0. The number of fused-ring (bicyclic) bond motifs is 1. The Morgan fingerprint density at radius 3 is 2.62 bits per heavy atom. The molecule has 0 aliphatic carbocycles. The number of carbonyl (C=O) groups excluding carboxylic acids is 1. The van der Waals surface area contributed by atoms with Gasteiger partial charge in [-0.2, -0.15) is 0 Å². The van der Waals surface area contributed by atoms with Crippen LogP contribution in [-0.2, 0) is 11.3 Å². The Morgan fingerprint density at radius 2 is 1.90 bits per heavy atom. The van der Waals surface area contributed by atoms with E-state index in [4.69, 9.17) is 16.6 Å². The molecule has 0 bridgehead atoms. The van der Waals surface area contributed by atoms with Gasteiger partial charge in [-0.15, -0.1) is 21.5 Å². The van der Waals surface area contributed by atoms with Crippen molar-refractivity contribution < 1.29 is 9.72 Å². The fourth-order valence-corrected chi connectivity index (χ4v) is 8.66. The molecule has 0 saturated heterocycles. The van der Waals surface area contributed by atoms with E-state index in [-0.39, 0.29) is 17.2 Å². The molecule has 250 valence electrons. The van der Waals surface area contributed by atoms with Gasteiger partial charge >= 0.3 is 0 Å². The molecular weight excluding hydrogens is 714 g/mol. The normalized spacial score (nSPS) is 14.4. The smallest absolute Gasteiger partial charge is 0.271 e. The second-order valence-corrected chi connectivity index (χ2v) is 14.5. The summed E-state index contributed by atoms with van der Waals surface area (Å²) in [5.74, 6) is 0.269. The number of benzene rings is 3. The largest absolute Gasteiger partial charge is 0.322 e. The van der Waals surface area contributed by atoms with Gasteiger partial charge in [0, 0.05) is 44.7 Å². The lowest BCUT2D eigenvalue weighted by atomic mass is 10.0. The summed E-state index contributed by atoms with van der Waals surface area (Å²) in [5, 5.41) is 26.7. The molecule has 50 heavy (non-hydrogen) atoms. The Bertz CT molecular complexity index is 2490. The number of thiazole rings is 1. The van der Waals surface area contributed by atoms with Crippen LogP contribution in [0, 0.1) is 10.1 Å². The maximum absolute atomic E-state index is 14.3. The molecule has 0 spiro atoms. The summed E-state index contributed by atoms with van der Waals surface area (Å²) in [4.78, 5) is 46.0. The number of non-ortho nitro benzene ring substituents is 1. The maximum Gasteiger partial charge on any atom is 0.271 e. The zero-order valence-electron chi connectivity index (χ0n) is 26.4. The predicted octanol–water partition coefficient (Wildman–Crippen LogP) is 6.93. The molecule has 6 aromatic rings. The molecule has 0 radical (unpaired) electrons. The number of anilines is 1. The lowest BCUT2D eigenvalue weighted by Gasteiger charge is -2.24. The van der Waals surface area contributed by atoms with Crippen LogP contribution in [0.25, 0.3) is 17.5 Å². The first-order valence-electron chi connectivity index (χ1n) is 15.3. The first-order valence-corrected chi connectivity index (χ1v) is 18.2. The molecule has 11 nitrogen and oxygen atoms in total. The van der Waals surface area contributed by atoms with Crippen LogP contribution >= 0.6 is 46.0 Å². The fourth-order valence-electron chi connectivity index (χ4n) is 5.63. The van der Waals surface area contributed by atoms with Crippen LogP contribution in [0.4, 0.5) is 11.4 Å². The van der Waals surface area contributed by atoms with Gasteiger partial charge in [-0.1, -0.05) is 59.3 Å². The van der Waals surface area contributed by atoms with Crippen LogP contribution < -0.4 is 20.2 Å². The molecule has 3 aromatic carbocycles. The Kier molecular flexibility index (Phi) is 9.33. The van der Waals surface area contributed by atoms with E-state index in [9.17, 15) is 19.7 Å². The summed E-state index contributed by atoms with van der Waals surface area (Å²) in [6.07, 6.45) is 1.64. The molecule has 1 atom stereocenters. The van der Waals surface area contributed by atoms with Gasteiger partial charge < -0.3 is 9.88 Å². The minimum atomic E-state index is -0.718. The average Bonchev–Trinajstić information content (AvgIpc) is 3.85. The van der Waals surface area contributed by atoms with Crippen molar-refractivity contribution in [1.82, 2.24) is 19.3 Å². The molecule has 15 heteroatoms. The number of carbonyl (C=O) groups is 1. The highest BCUT2D eigenvalue weighted by Gasteiger charge is 2.33. The van der Waals surface area contributed by atoms with Crippen molar-refractivity contribution in [2.24, 2.45) is 4.99 Å². The van der Waals surface area contributed by atoms with Gasteiger partial charge in [0.1, 0.15) is 6.04 Å². The van der Waals surface area contributed by atoms with E-state index in [0.717, 1.165) is 21.8 Å². The van der Waals surface area contributed by atoms with Crippen LogP contribution in [0.2, 0.25) is 5.02 Å². The summed E-state index contributed by atoms with van der Waals surface area (Å²) in [7, 11) is 0. The van der Waals surface area contributed by atoms with Gasteiger partial charge in [-0.25, -0.2) is 4.99 Å². The highest BCUT2D eigenvalue weighted by molar-refractivity contribution is 7.99. The third-order valence-electron chi connectivity index (χ3n) is 7.92. The Labute approximate surface area is 302 Å². The monoisotopic (exact) mass is 739 g/mol. The Morgan fingerprint density at radius 1 is 1.08 bits per heavy atom. The number of hydrogen-bond donors (Lipinski definition) is 1. The van der Waals surface area contributed by atoms with Gasteiger partial charge in [-0.3, -0.25) is 24.3 Å². The van der Waals surface area contributed by atoms with Crippen molar-refractivity contribution in [1.29, 1.82) is 0 Å². The van der Waals surface area contributed by atoms with Gasteiger partial charge in [0.15, 0.2) is 15.8 Å². The number of nitrogens with zero attached hydrogens (tertiary/aromatic N) is 6. The third kappa shape index (κ3) is 6.45. The molecular formula is C35H26ClN7O4S3. The number of nitro groups is 1. The van der Waals surface area contributed by atoms with Crippen LogP contribution in [0.3, 0.4) is 0 Å². The molecule has 7 rings (SSSR count). The van der Waals surface area contributed by atoms with E-state index in [0.29, 0.717) is 59.3 Å². The van der Waals surface area contributed by atoms with E-state index in [2.05, 4.69) is 15.5 Å². The highest BCUT2D eigenvalue weighted by Crippen LogP contribution is 2.35. The summed E-state index contributed by atoms with van der Waals surface area (Å²) in [6, 6.07) is 24.0. The number of amides is 1. The minimum Gasteiger partial charge on any atom is -0.322 e. The van der Waals surface area contributed by atoms with Gasteiger partial charge in [-0.05, 0) is 79.0 Å². The predicted molar refractivity (Wildman–Crippen MR) is 197 cm³/mol. The van der Waals surface area contributed by atoms with Crippen molar-refractivity contribution >= 4 is 69.4 Å². The molecule has 0 unspecified atom stereocenters. The topological polar surface area (TPSA) is 137 Å². The molecule has 3 aromatic heterocycles. The number of nitro benzene ring substituents is 1.